The van der Waals surface area contributed by atoms with Crippen molar-refractivity contribution in [3.8, 4) is 0 Å². The van der Waals surface area contributed by atoms with E-state index in [2.05, 4.69) is 18.7 Å². The normalized spacial score (nSPS) is 12.5. The molecule has 2 N–H and O–H groups in total. The Morgan fingerprint density at radius 3 is 2.47 bits per heavy atom. The molecule has 0 aliphatic heterocycles. The van der Waals surface area contributed by atoms with Gasteiger partial charge < -0.3 is 10.2 Å². The highest BCUT2D eigenvalue weighted by atomic mass is 16.4. The van der Waals surface area contributed by atoms with Crippen LogP contribution in [0.3, 0.4) is 0 Å². The topological polar surface area (TPSA) is 60.8 Å². The Labute approximate surface area is 91.2 Å². The number of aliphatic hydroxyl groups is 1. The van der Waals surface area contributed by atoms with E-state index >= 15 is 0 Å². The van der Waals surface area contributed by atoms with Crippen LogP contribution in [-0.4, -0.2) is 46.8 Å². The summed E-state index contributed by atoms with van der Waals surface area (Å²) in [6.45, 7) is 7.53. The van der Waals surface area contributed by atoms with E-state index in [1.807, 2.05) is 6.92 Å². The molecule has 0 aromatic carbocycles. The minimum atomic E-state index is -0.904. The molecule has 0 aliphatic carbocycles. The van der Waals surface area contributed by atoms with Gasteiger partial charge in [-0.2, -0.15) is 0 Å². The standard InChI is InChI=1S/C11H21NO3/c1-9(2)12(5-4-6-13)8-10(3)7-11(14)15/h7,9,13H,4-6,8H2,1-3H3,(H,14,15). The summed E-state index contributed by atoms with van der Waals surface area (Å²) >= 11 is 0. The highest BCUT2D eigenvalue weighted by molar-refractivity contribution is 5.80. The summed E-state index contributed by atoms with van der Waals surface area (Å²) in [4.78, 5) is 12.6. The van der Waals surface area contributed by atoms with Crippen LogP contribution in [0.1, 0.15) is 27.2 Å². The van der Waals surface area contributed by atoms with E-state index in [0.29, 0.717) is 12.6 Å². The number of nitrogens with zero attached hydrogens (tertiary/aromatic N) is 1. The summed E-state index contributed by atoms with van der Waals surface area (Å²) in [7, 11) is 0. The van der Waals surface area contributed by atoms with E-state index < -0.39 is 5.97 Å². The molecule has 88 valence electrons. The minimum absolute atomic E-state index is 0.172. The van der Waals surface area contributed by atoms with Crippen molar-refractivity contribution in [2.75, 3.05) is 19.7 Å². The average Bonchev–Trinajstić information content (AvgIpc) is 2.10. The summed E-state index contributed by atoms with van der Waals surface area (Å²) in [5.74, 6) is -0.904. The maximum atomic E-state index is 10.4. The van der Waals surface area contributed by atoms with Crippen molar-refractivity contribution in [2.45, 2.75) is 33.2 Å². The number of carboxylic acids is 1. The van der Waals surface area contributed by atoms with Gasteiger partial charge in [-0.3, -0.25) is 4.90 Å². The molecule has 0 saturated heterocycles. The van der Waals surface area contributed by atoms with Crippen LogP contribution in [-0.2, 0) is 4.79 Å². The van der Waals surface area contributed by atoms with Crippen molar-refractivity contribution in [1.82, 2.24) is 4.90 Å². The number of hydrogen-bond donors (Lipinski definition) is 2. The molecule has 15 heavy (non-hydrogen) atoms. The number of hydrogen-bond acceptors (Lipinski definition) is 3. The Morgan fingerprint density at radius 1 is 1.47 bits per heavy atom. The molecule has 4 nitrogen and oxygen atoms in total. The summed E-state index contributed by atoms with van der Waals surface area (Å²) in [5.41, 5.74) is 0.828. The zero-order valence-corrected chi connectivity index (χ0v) is 9.73. The van der Waals surface area contributed by atoms with Crippen LogP contribution in [0.15, 0.2) is 11.6 Å². The lowest BCUT2D eigenvalue weighted by Gasteiger charge is -2.26. The van der Waals surface area contributed by atoms with Crippen molar-refractivity contribution >= 4 is 5.97 Å². The van der Waals surface area contributed by atoms with Crippen LogP contribution in [0.5, 0.6) is 0 Å². The lowest BCUT2D eigenvalue weighted by Crippen LogP contribution is -2.33. The van der Waals surface area contributed by atoms with Crippen molar-refractivity contribution < 1.29 is 15.0 Å². The Hall–Kier alpha value is -0.870. The predicted molar refractivity (Wildman–Crippen MR) is 59.8 cm³/mol. The van der Waals surface area contributed by atoms with Gasteiger partial charge in [0.15, 0.2) is 0 Å². The molecular weight excluding hydrogens is 194 g/mol. The molecular formula is C11H21NO3. The summed E-state index contributed by atoms with van der Waals surface area (Å²) in [6.07, 6.45) is 1.95. The Balaban J connectivity index is 4.21. The molecule has 0 rings (SSSR count). The van der Waals surface area contributed by atoms with E-state index in [-0.39, 0.29) is 6.61 Å². The van der Waals surface area contributed by atoms with Crippen molar-refractivity contribution in [1.29, 1.82) is 0 Å². The van der Waals surface area contributed by atoms with E-state index in [0.717, 1.165) is 18.5 Å². The molecule has 0 saturated carbocycles. The SMILES string of the molecule is CC(=CC(=O)O)CN(CCCO)C(C)C. The van der Waals surface area contributed by atoms with E-state index in [9.17, 15) is 4.79 Å². The zero-order valence-electron chi connectivity index (χ0n) is 9.73. The fourth-order valence-electron chi connectivity index (χ4n) is 1.37. The van der Waals surface area contributed by atoms with Gasteiger partial charge in [-0.25, -0.2) is 4.79 Å². The molecule has 0 fully saturated rings. The predicted octanol–water partition coefficient (Wildman–Crippen LogP) is 1.11. The van der Waals surface area contributed by atoms with Crippen LogP contribution < -0.4 is 0 Å². The molecule has 0 aliphatic rings. The molecule has 0 radical (unpaired) electrons. The second-order valence-corrected chi connectivity index (χ2v) is 3.97. The Kier molecular flexibility index (Phi) is 6.99. The number of aliphatic carboxylic acids is 1. The van der Waals surface area contributed by atoms with Crippen LogP contribution in [0.25, 0.3) is 0 Å². The fourth-order valence-corrected chi connectivity index (χ4v) is 1.37. The highest BCUT2D eigenvalue weighted by Crippen LogP contribution is 2.04. The molecule has 0 heterocycles. The molecule has 0 aromatic heterocycles. The van der Waals surface area contributed by atoms with Gasteiger partial charge in [0.1, 0.15) is 0 Å². The summed E-state index contributed by atoms with van der Waals surface area (Å²) in [6, 6.07) is 0.355. The number of carbonyl (C=O) groups is 1. The summed E-state index contributed by atoms with van der Waals surface area (Å²) in [5, 5.41) is 17.3. The third kappa shape index (κ3) is 7.11. The zero-order chi connectivity index (χ0) is 11.8. The first-order valence-corrected chi connectivity index (χ1v) is 5.22. The van der Waals surface area contributed by atoms with Gasteiger partial charge in [0.05, 0.1) is 0 Å². The maximum absolute atomic E-state index is 10.4. The second-order valence-electron chi connectivity index (χ2n) is 3.97. The third-order valence-electron chi connectivity index (χ3n) is 2.16. The van der Waals surface area contributed by atoms with Gasteiger partial charge in [-0.05, 0) is 27.2 Å². The average molecular weight is 215 g/mol. The smallest absolute Gasteiger partial charge is 0.328 e. The van der Waals surface area contributed by atoms with Crippen molar-refractivity contribution in [3.63, 3.8) is 0 Å². The van der Waals surface area contributed by atoms with Gasteiger partial charge in [-0.1, -0.05) is 5.57 Å². The van der Waals surface area contributed by atoms with Gasteiger partial charge >= 0.3 is 5.97 Å². The van der Waals surface area contributed by atoms with Crippen LogP contribution >= 0.6 is 0 Å². The highest BCUT2D eigenvalue weighted by Gasteiger charge is 2.09. The first kappa shape index (κ1) is 14.1. The van der Waals surface area contributed by atoms with Crippen molar-refractivity contribution in [3.05, 3.63) is 11.6 Å². The molecule has 4 heteroatoms. The van der Waals surface area contributed by atoms with Crippen LogP contribution in [0, 0.1) is 0 Å². The van der Waals surface area contributed by atoms with Gasteiger partial charge in [0.25, 0.3) is 0 Å². The monoisotopic (exact) mass is 215 g/mol. The third-order valence-corrected chi connectivity index (χ3v) is 2.16. The van der Waals surface area contributed by atoms with E-state index in [1.165, 1.54) is 6.08 Å². The quantitative estimate of drug-likeness (QED) is 0.625. The lowest BCUT2D eigenvalue weighted by molar-refractivity contribution is -0.131. The van der Waals surface area contributed by atoms with Crippen LogP contribution in [0.4, 0.5) is 0 Å². The molecule has 0 aromatic rings. The molecule has 0 atom stereocenters. The molecule has 0 amide bonds. The van der Waals surface area contributed by atoms with E-state index in [1.54, 1.807) is 0 Å². The lowest BCUT2D eigenvalue weighted by atomic mass is 10.2. The molecule has 0 bridgehead atoms. The van der Waals surface area contributed by atoms with Gasteiger partial charge in [0, 0.05) is 31.8 Å². The van der Waals surface area contributed by atoms with Crippen molar-refractivity contribution in [2.24, 2.45) is 0 Å². The maximum Gasteiger partial charge on any atom is 0.328 e. The Bertz CT molecular complexity index is 224. The number of aliphatic hydroxyl groups excluding tert-OH is 1. The number of rotatable bonds is 7. The Morgan fingerprint density at radius 2 is 2.07 bits per heavy atom. The van der Waals surface area contributed by atoms with Gasteiger partial charge in [-0.15, -0.1) is 0 Å². The molecule has 0 spiro atoms. The van der Waals surface area contributed by atoms with Gasteiger partial charge in [0.2, 0.25) is 0 Å². The largest absolute Gasteiger partial charge is 0.478 e. The first-order valence-electron chi connectivity index (χ1n) is 5.22. The minimum Gasteiger partial charge on any atom is -0.478 e. The van der Waals surface area contributed by atoms with Crippen LogP contribution in [0.2, 0.25) is 0 Å². The van der Waals surface area contributed by atoms with E-state index in [4.69, 9.17) is 10.2 Å². The number of carboxylic acid groups (broad SMARTS) is 1. The second kappa shape index (κ2) is 7.43. The summed E-state index contributed by atoms with van der Waals surface area (Å²) < 4.78 is 0. The molecule has 0 unspecified atom stereocenters. The first-order chi connectivity index (χ1) is 6.97. The fraction of sp³-hybridized carbons (Fsp3) is 0.727.